The molecule has 0 atom stereocenters. The number of nitrogens with zero attached hydrogens (tertiary/aromatic N) is 1. The van der Waals surface area contributed by atoms with Crippen molar-refractivity contribution in [1.29, 1.82) is 0 Å². The number of hydrogen-bond donors (Lipinski definition) is 4. The summed E-state index contributed by atoms with van der Waals surface area (Å²) in [4.78, 5) is 2.30. The van der Waals surface area contributed by atoms with Crippen molar-refractivity contribution in [2.24, 2.45) is 17.2 Å². The van der Waals surface area contributed by atoms with Crippen molar-refractivity contribution >= 4 is 0 Å². The summed E-state index contributed by atoms with van der Waals surface area (Å²) >= 11 is 0. The Balaban J connectivity index is 3.66. The molecule has 0 aliphatic rings. The molecule has 7 nitrogen and oxygen atoms in total. The first-order chi connectivity index (χ1) is 9.35. The molecule has 116 valence electrons. The Labute approximate surface area is 116 Å². The first-order valence-electron chi connectivity index (χ1n) is 7.04. The van der Waals surface area contributed by atoms with Gasteiger partial charge in [-0.25, -0.2) is 0 Å². The molecular weight excluding hydrogens is 246 g/mol. The summed E-state index contributed by atoms with van der Waals surface area (Å²) in [6.45, 7) is 8.92. The predicted molar refractivity (Wildman–Crippen MR) is 78.1 cm³/mol. The van der Waals surface area contributed by atoms with Crippen molar-refractivity contribution in [1.82, 2.24) is 10.2 Å². The minimum Gasteiger partial charge on any atom is -0.379 e. The van der Waals surface area contributed by atoms with E-state index in [0.29, 0.717) is 46.1 Å². The van der Waals surface area contributed by atoms with E-state index in [2.05, 4.69) is 10.2 Å². The summed E-state index contributed by atoms with van der Waals surface area (Å²) in [5, 5.41) is 3.28. The predicted octanol–water partition coefficient (Wildman–Crippen LogP) is -2.21. The zero-order valence-corrected chi connectivity index (χ0v) is 12.0. The Morgan fingerprint density at radius 3 is 1.74 bits per heavy atom. The van der Waals surface area contributed by atoms with Gasteiger partial charge >= 0.3 is 0 Å². The van der Waals surface area contributed by atoms with Crippen LogP contribution in [0.15, 0.2) is 0 Å². The van der Waals surface area contributed by atoms with Gasteiger partial charge in [0.2, 0.25) is 0 Å². The van der Waals surface area contributed by atoms with Crippen molar-refractivity contribution < 1.29 is 9.47 Å². The van der Waals surface area contributed by atoms with Crippen molar-refractivity contribution in [3.05, 3.63) is 0 Å². The highest BCUT2D eigenvalue weighted by Crippen LogP contribution is 1.89. The number of nitrogens with one attached hydrogen (secondary N) is 1. The molecule has 0 aliphatic heterocycles. The molecule has 7 N–H and O–H groups in total. The molecule has 0 aliphatic carbocycles. The zero-order chi connectivity index (χ0) is 14.2. The average Bonchev–Trinajstić information content (AvgIpc) is 2.43. The SMILES string of the molecule is NCCNCCN(CCOCCN)CCOCCN. The van der Waals surface area contributed by atoms with Crippen LogP contribution in [0.1, 0.15) is 0 Å². The lowest BCUT2D eigenvalue weighted by Crippen LogP contribution is -2.38. The van der Waals surface area contributed by atoms with E-state index in [1.165, 1.54) is 0 Å². The largest absolute Gasteiger partial charge is 0.379 e. The third-order valence-electron chi connectivity index (χ3n) is 2.55. The van der Waals surface area contributed by atoms with Crippen LogP contribution in [-0.4, -0.2) is 83.7 Å². The van der Waals surface area contributed by atoms with Gasteiger partial charge in [0, 0.05) is 52.4 Å². The van der Waals surface area contributed by atoms with E-state index >= 15 is 0 Å². The van der Waals surface area contributed by atoms with Crippen molar-refractivity contribution in [3.8, 4) is 0 Å². The fourth-order valence-corrected chi connectivity index (χ4v) is 1.56. The van der Waals surface area contributed by atoms with Gasteiger partial charge in [0.1, 0.15) is 0 Å². The third kappa shape index (κ3) is 13.9. The van der Waals surface area contributed by atoms with Gasteiger partial charge in [-0.3, -0.25) is 4.90 Å². The van der Waals surface area contributed by atoms with Crippen LogP contribution in [0, 0.1) is 0 Å². The van der Waals surface area contributed by atoms with Crippen molar-refractivity contribution in [2.45, 2.75) is 0 Å². The fraction of sp³-hybridized carbons (Fsp3) is 1.00. The fourth-order valence-electron chi connectivity index (χ4n) is 1.56. The van der Waals surface area contributed by atoms with Gasteiger partial charge in [-0.1, -0.05) is 0 Å². The quantitative estimate of drug-likeness (QED) is 0.251. The van der Waals surface area contributed by atoms with Crippen LogP contribution in [0.3, 0.4) is 0 Å². The Morgan fingerprint density at radius 2 is 1.26 bits per heavy atom. The summed E-state index contributed by atoms with van der Waals surface area (Å²) < 4.78 is 10.8. The maximum atomic E-state index is 5.43. The molecule has 0 unspecified atom stereocenters. The van der Waals surface area contributed by atoms with E-state index < -0.39 is 0 Å². The van der Waals surface area contributed by atoms with Crippen LogP contribution in [0.4, 0.5) is 0 Å². The van der Waals surface area contributed by atoms with Gasteiger partial charge in [-0.2, -0.15) is 0 Å². The summed E-state index contributed by atoms with van der Waals surface area (Å²) in [6, 6.07) is 0. The molecule has 0 heterocycles. The van der Waals surface area contributed by atoms with Crippen molar-refractivity contribution in [2.75, 3.05) is 78.8 Å². The molecule has 0 aromatic rings. The van der Waals surface area contributed by atoms with Gasteiger partial charge in [-0.15, -0.1) is 0 Å². The first-order valence-corrected chi connectivity index (χ1v) is 7.04. The second-order valence-corrected chi connectivity index (χ2v) is 4.18. The molecule has 0 fully saturated rings. The van der Waals surface area contributed by atoms with Gasteiger partial charge in [0.15, 0.2) is 0 Å². The highest BCUT2D eigenvalue weighted by molar-refractivity contribution is 4.60. The van der Waals surface area contributed by atoms with E-state index in [0.717, 1.165) is 32.7 Å². The Kier molecular flexibility index (Phi) is 15.5. The topological polar surface area (TPSA) is 112 Å². The Hall–Kier alpha value is -0.280. The third-order valence-corrected chi connectivity index (χ3v) is 2.55. The molecule has 19 heavy (non-hydrogen) atoms. The normalized spacial score (nSPS) is 11.4. The van der Waals surface area contributed by atoms with Crippen molar-refractivity contribution in [3.63, 3.8) is 0 Å². The van der Waals surface area contributed by atoms with Crippen LogP contribution in [-0.2, 0) is 9.47 Å². The van der Waals surface area contributed by atoms with Crippen LogP contribution < -0.4 is 22.5 Å². The highest BCUT2D eigenvalue weighted by atomic mass is 16.5. The van der Waals surface area contributed by atoms with E-state index in [4.69, 9.17) is 26.7 Å². The van der Waals surface area contributed by atoms with Gasteiger partial charge in [0.05, 0.1) is 26.4 Å². The van der Waals surface area contributed by atoms with Crippen LogP contribution >= 0.6 is 0 Å². The second-order valence-electron chi connectivity index (χ2n) is 4.18. The molecule has 0 amide bonds. The molecule has 0 bridgehead atoms. The maximum Gasteiger partial charge on any atom is 0.0594 e. The molecule has 0 aromatic carbocycles. The molecule has 0 saturated carbocycles. The molecule has 0 aromatic heterocycles. The van der Waals surface area contributed by atoms with E-state index in [-0.39, 0.29) is 0 Å². The number of hydrogen-bond acceptors (Lipinski definition) is 7. The average molecular weight is 277 g/mol. The highest BCUT2D eigenvalue weighted by Gasteiger charge is 2.04. The summed E-state index contributed by atoms with van der Waals surface area (Å²) in [6.07, 6.45) is 0. The minimum atomic E-state index is 0.567. The zero-order valence-electron chi connectivity index (χ0n) is 12.0. The monoisotopic (exact) mass is 277 g/mol. The molecule has 0 radical (unpaired) electrons. The lowest BCUT2D eigenvalue weighted by atomic mass is 10.4. The minimum absolute atomic E-state index is 0.567. The number of ether oxygens (including phenoxy) is 2. The lowest BCUT2D eigenvalue weighted by molar-refractivity contribution is 0.0796. The number of nitrogens with two attached hydrogens (primary N) is 3. The first kappa shape index (κ1) is 18.7. The van der Waals surface area contributed by atoms with Crippen LogP contribution in [0.5, 0.6) is 0 Å². The standard InChI is InChI=1S/C12H31N5O2/c13-1-4-16-5-6-17(7-11-18-9-2-14)8-12-19-10-3-15/h16H,1-15H2. The van der Waals surface area contributed by atoms with Crippen LogP contribution in [0.25, 0.3) is 0 Å². The molecule has 0 spiro atoms. The van der Waals surface area contributed by atoms with Gasteiger partial charge < -0.3 is 32.0 Å². The van der Waals surface area contributed by atoms with E-state index in [9.17, 15) is 0 Å². The summed E-state index contributed by atoms with van der Waals surface area (Å²) in [5.74, 6) is 0. The second kappa shape index (κ2) is 15.8. The Bertz CT molecular complexity index is 146. The van der Waals surface area contributed by atoms with E-state index in [1.807, 2.05) is 0 Å². The van der Waals surface area contributed by atoms with E-state index in [1.54, 1.807) is 0 Å². The molecule has 0 saturated heterocycles. The smallest absolute Gasteiger partial charge is 0.0594 e. The summed E-state index contributed by atoms with van der Waals surface area (Å²) in [5.41, 5.74) is 16.2. The van der Waals surface area contributed by atoms with Gasteiger partial charge in [-0.05, 0) is 0 Å². The van der Waals surface area contributed by atoms with Gasteiger partial charge in [0.25, 0.3) is 0 Å². The lowest BCUT2D eigenvalue weighted by Gasteiger charge is -2.22. The molecular formula is C12H31N5O2. The maximum absolute atomic E-state index is 5.43. The summed E-state index contributed by atoms with van der Waals surface area (Å²) in [7, 11) is 0. The molecule has 0 rings (SSSR count). The van der Waals surface area contributed by atoms with Crippen LogP contribution in [0.2, 0.25) is 0 Å². The number of rotatable bonds is 15. The molecule has 7 heteroatoms. The Morgan fingerprint density at radius 1 is 0.684 bits per heavy atom.